The highest BCUT2D eigenvalue weighted by atomic mass is 127. The lowest BCUT2D eigenvalue weighted by Crippen LogP contribution is -2.42. The fourth-order valence-corrected chi connectivity index (χ4v) is 4.24. The first-order valence-corrected chi connectivity index (χ1v) is 7.39. The first-order chi connectivity index (χ1) is 8.61. The van der Waals surface area contributed by atoms with Gasteiger partial charge in [-0.2, -0.15) is 0 Å². The molecule has 0 aliphatic carbocycles. The number of hydrogen-bond donors (Lipinski definition) is 0. The third-order valence-corrected chi connectivity index (χ3v) is 5.04. The van der Waals surface area contributed by atoms with Gasteiger partial charge in [-0.15, -0.1) is 0 Å². The van der Waals surface area contributed by atoms with Crippen LogP contribution in [0.15, 0.2) is 36.4 Å². The standard InChI is InChI=1S/C15H18IN2/c1-10(2)13-9-8-12-11-6-4-5-7-14(11)18(16)15(12)17(13)3/h4-10,12,15H,1-3H3/q+1. The Morgan fingerprint density at radius 2 is 2.00 bits per heavy atom. The number of anilines is 1. The fraction of sp³-hybridized carbons (Fsp3) is 0.400. The van der Waals surface area contributed by atoms with Crippen LogP contribution >= 0.6 is 22.9 Å². The number of fused-ring (bicyclic) bond motifs is 3. The molecule has 2 aliphatic rings. The van der Waals surface area contributed by atoms with Gasteiger partial charge in [-0.05, 0) is 11.6 Å². The largest absolute Gasteiger partial charge is 0.254 e. The molecule has 0 N–H and O–H groups in total. The second-order valence-corrected chi connectivity index (χ2v) is 6.40. The summed E-state index contributed by atoms with van der Waals surface area (Å²) in [4.78, 5) is 0. The van der Waals surface area contributed by atoms with E-state index in [2.05, 4.69) is 87.9 Å². The van der Waals surface area contributed by atoms with E-state index in [1.54, 1.807) is 0 Å². The van der Waals surface area contributed by atoms with Crippen LogP contribution in [-0.2, 0) is 0 Å². The topological polar surface area (TPSA) is 6.25 Å². The molecule has 3 heteroatoms. The predicted octanol–water partition coefficient (Wildman–Crippen LogP) is 3.58. The van der Waals surface area contributed by atoms with E-state index in [1.807, 2.05) is 0 Å². The molecule has 0 fully saturated rings. The molecule has 2 nitrogen and oxygen atoms in total. The van der Waals surface area contributed by atoms with Crippen LogP contribution in [0.4, 0.5) is 5.69 Å². The number of benzene rings is 1. The van der Waals surface area contributed by atoms with Crippen molar-refractivity contribution in [1.29, 1.82) is 0 Å². The summed E-state index contributed by atoms with van der Waals surface area (Å²) in [6.07, 6.45) is 5.10. The summed E-state index contributed by atoms with van der Waals surface area (Å²) in [6, 6.07) is 8.74. The Morgan fingerprint density at radius 3 is 2.72 bits per heavy atom. The molecule has 2 atom stereocenters. The summed E-state index contributed by atoms with van der Waals surface area (Å²) in [5.74, 6) is 1.06. The van der Waals surface area contributed by atoms with Crippen LogP contribution in [-0.4, -0.2) is 23.5 Å². The number of rotatable bonds is 1. The average molecular weight is 353 g/mol. The van der Waals surface area contributed by atoms with Gasteiger partial charge >= 0.3 is 0 Å². The maximum Gasteiger partial charge on any atom is 0.247 e. The molecule has 18 heavy (non-hydrogen) atoms. The van der Waals surface area contributed by atoms with Crippen LogP contribution in [0.3, 0.4) is 0 Å². The first-order valence-electron chi connectivity index (χ1n) is 6.43. The molecule has 0 amide bonds. The predicted molar refractivity (Wildman–Crippen MR) is 84.6 cm³/mol. The second-order valence-electron chi connectivity index (χ2n) is 5.36. The van der Waals surface area contributed by atoms with Gasteiger partial charge in [0.15, 0.2) is 5.71 Å². The van der Waals surface area contributed by atoms with E-state index in [0.717, 1.165) is 0 Å². The number of halogens is 1. The van der Waals surface area contributed by atoms with E-state index in [0.29, 0.717) is 18.0 Å². The van der Waals surface area contributed by atoms with Crippen molar-refractivity contribution in [3.8, 4) is 0 Å². The third-order valence-electron chi connectivity index (χ3n) is 3.95. The zero-order valence-electron chi connectivity index (χ0n) is 11.0. The molecule has 1 aromatic rings. The lowest BCUT2D eigenvalue weighted by Gasteiger charge is -2.24. The molecule has 3 rings (SSSR count). The maximum absolute atomic E-state index is 2.45. The van der Waals surface area contributed by atoms with Gasteiger partial charge in [0.25, 0.3) is 0 Å². The molecule has 0 saturated carbocycles. The number of para-hydroxylation sites is 1. The first kappa shape index (κ1) is 12.2. The van der Waals surface area contributed by atoms with Crippen LogP contribution in [0, 0.1) is 5.92 Å². The molecule has 0 spiro atoms. The lowest BCUT2D eigenvalue weighted by molar-refractivity contribution is -0.537. The van der Waals surface area contributed by atoms with E-state index >= 15 is 0 Å². The summed E-state index contributed by atoms with van der Waals surface area (Å²) in [5, 5.41) is 0. The van der Waals surface area contributed by atoms with Crippen molar-refractivity contribution in [2.75, 3.05) is 10.2 Å². The Labute approximate surface area is 122 Å². The van der Waals surface area contributed by atoms with Crippen molar-refractivity contribution in [1.82, 2.24) is 0 Å². The summed E-state index contributed by atoms with van der Waals surface area (Å²) in [5.41, 5.74) is 4.23. The van der Waals surface area contributed by atoms with Crippen LogP contribution in [0.1, 0.15) is 25.3 Å². The van der Waals surface area contributed by atoms with Gasteiger partial charge in [-0.25, -0.2) is 4.58 Å². The Hall–Kier alpha value is -0.840. The Morgan fingerprint density at radius 1 is 1.28 bits per heavy atom. The Kier molecular flexibility index (Phi) is 2.96. The third kappa shape index (κ3) is 1.63. The van der Waals surface area contributed by atoms with Gasteiger partial charge < -0.3 is 0 Å². The van der Waals surface area contributed by atoms with Gasteiger partial charge in [0, 0.05) is 12.0 Å². The van der Waals surface area contributed by atoms with Crippen molar-refractivity contribution in [2.45, 2.75) is 25.9 Å². The fourth-order valence-electron chi connectivity index (χ4n) is 3.08. The number of hydrogen-bond acceptors (Lipinski definition) is 1. The zero-order valence-corrected chi connectivity index (χ0v) is 13.1. The Bertz CT molecular complexity index is 545. The van der Waals surface area contributed by atoms with E-state index < -0.39 is 0 Å². The van der Waals surface area contributed by atoms with Crippen molar-refractivity contribution < 1.29 is 4.58 Å². The molecule has 0 aromatic heterocycles. The molecular formula is C15H18IN2+. The number of nitrogens with zero attached hydrogens (tertiary/aromatic N) is 2. The minimum absolute atomic E-state index is 0.422. The minimum Gasteiger partial charge on any atom is -0.254 e. The quantitative estimate of drug-likeness (QED) is 0.425. The van der Waals surface area contributed by atoms with Crippen molar-refractivity contribution in [2.24, 2.45) is 5.92 Å². The molecular weight excluding hydrogens is 335 g/mol. The highest BCUT2D eigenvalue weighted by Crippen LogP contribution is 2.45. The van der Waals surface area contributed by atoms with E-state index in [-0.39, 0.29) is 0 Å². The molecule has 2 aliphatic heterocycles. The highest BCUT2D eigenvalue weighted by Gasteiger charge is 2.45. The summed E-state index contributed by atoms with van der Waals surface area (Å²) < 4.78 is 4.81. The average Bonchev–Trinajstić information content (AvgIpc) is 2.65. The highest BCUT2D eigenvalue weighted by molar-refractivity contribution is 14.1. The van der Waals surface area contributed by atoms with Gasteiger partial charge in [-0.1, -0.05) is 38.1 Å². The summed E-state index contributed by atoms with van der Waals surface area (Å²) in [6.45, 7) is 4.52. The molecule has 1 aromatic carbocycles. The van der Waals surface area contributed by atoms with Crippen LogP contribution in [0.25, 0.3) is 0 Å². The smallest absolute Gasteiger partial charge is 0.247 e. The van der Waals surface area contributed by atoms with Crippen LogP contribution < -0.4 is 3.11 Å². The molecule has 0 bridgehead atoms. The zero-order chi connectivity index (χ0) is 12.9. The van der Waals surface area contributed by atoms with Gasteiger partial charge in [0.1, 0.15) is 7.05 Å². The normalized spacial score (nSPS) is 25.7. The van der Waals surface area contributed by atoms with E-state index in [1.165, 1.54) is 17.0 Å². The van der Waals surface area contributed by atoms with E-state index in [9.17, 15) is 0 Å². The van der Waals surface area contributed by atoms with Crippen LogP contribution in [0.2, 0.25) is 0 Å². The van der Waals surface area contributed by atoms with Gasteiger partial charge in [0.2, 0.25) is 6.17 Å². The SMILES string of the molecule is CC(C)C1=[N+](C)C2C(C=C1)c1ccccc1N2I. The monoisotopic (exact) mass is 353 g/mol. The number of allylic oxidation sites excluding steroid dienone is 1. The molecule has 0 radical (unpaired) electrons. The lowest BCUT2D eigenvalue weighted by atomic mass is 9.93. The number of likely N-dealkylation sites (N-methyl/N-ethyl adjacent to an activating group) is 1. The van der Waals surface area contributed by atoms with Gasteiger partial charge in [0.05, 0.1) is 34.5 Å². The Balaban J connectivity index is 2.10. The molecule has 2 unspecified atom stereocenters. The summed E-state index contributed by atoms with van der Waals surface area (Å²) in [7, 11) is 2.22. The maximum atomic E-state index is 2.45. The van der Waals surface area contributed by atoms with Gasteiger partial charge in [-0.3, -0.25) is 3.11 Å². The molecule has 94 valence electrons. The minimum atomic E-state index is 0.422. The molecule has 0 saturated heterocycles. The van der Waals surface area contributed by atoms with Crippen molar-refractivity contribution in [3.63, 3.8) is 0 Å². The van der Waals surface area contributed by atoms with E-state index in [4.69, 9.17) is 0 Å². The second kappa shape index (κ2) is 4.37. The summed E-state index contributed by atoms with van der Waals surface area (Å²) >= 11 is 2.45. The van der Waals surface area contributed by atoms with Crippen molar-refractivity contribution >= 4 is 34.3 Å². The van der Waals surface area contributed by atoms with Crippen LogP contribution in [0.5, 0.6) is 0 Å². The van der Waals surface area contributed by atoms with Crippen molar-refractivity contribution in [3.05, 3.63) is 42.0 Å². The molecule has 2 heterocycles.